The van der Waals surface area contributed by atoms with Crippen LogP contribution >= 0.6 is 15.9 Å². The molecule has 2 aromatic carbocycles. The van der Waals surface area contributed by atoms with Crippen LogP contribution in [-0.4, -0.2) is 89.1 Å². The van der Waals surface area contributed by atoms with Gasteiger partial charge >= 0.3 is 5.97 Å². The lowest BCUT2D eigenvalue weighted by atomic mass is 9.70. The number of hydrogen-bond acceptors (Lipinski definition) is 8. The number of halogens is 1. The molecule has 3 heterocycles. The Labute approximate surface area is 289 Å². The Morgan fingerprint density at radius 1 is 1.17 bits per heavy atom. The molecule has 2 N–H and O–H groups in total. The van der Waals surface area contributed by atoms with Crippen LogP contribution < -0.4 is 15.0 Å². The SMILES string of the molecule is C=CCCC(=O)NC[C@H](OC(=O)[C@@H]1[C@H]2O[C@@]3(CC2Br)[C@H](C(=O)N(CC=C)c2ccc(OC)cc2)N([C@H](C)CO)C(=O)[C@@H]13)c1ccccc1. The van der Waals surface area contributed by atoms with E-state index in [1.165, 1.54) is 9.80 Å². The second-order valence-electron chi connectivity index (χ2n) is 12.3. The number of aliphatic hydroxyl groups excluding tert-OH is 1. The van der Waals surface area contributed by atoms with Gasteiger partial charge in [0.1, 0.15) is 23.5 Å². The first kappa shape index (κ1) is 35.3. The molecule has 2 bridgehead atoms. The maximum Gasteiger partial charge on any atom is 0.313 e. The molecule has 8 atom stereocenters. The number of fused-ring (bicyclic) bond motifs is 1. The molecule has 2 aromatic rings. The van der Waals surface area contributed by atoms with Crippen molar-refractivity contribution in [1.29, 1.82) is 0 Å². The molecule has 3 amide bonds. The van der Waals surface area contributed by atoms with E-state index in [1.54, 1.807) is 62.6 Å². The first-order valence-electron chi connectivity index (χ1n) is 16.1. The van der Waals surface area contributed by atoms with E-state index in [4.69, 9.17) is 14.2 Å². The summed E-state index contributed by atoms with van der Waals surface area (Å²) in [6.07, 6.45) is 2.70. The highest BCUT2D eigenvalue weighted by atomic mass is 79.9. The Balaban J connectivity index is 1.48. The fourth-order valence-corrected chi connectivity index (χ4v) is 8.12. The highest BCUT2D eigenvalue weighted by Gasteiger charge is 2.77. The van der Waals surface area contributed by atoms with Gasteiger partial charge in [-0.25, -0.2) is 0 Å². The average Bonchev–Trinajstić information content (AvgIpc) is 3.70. The quantitative estimate of drug-likeness (QED) is 0.161. The van der Waals surface area contributed by atoms with E-state index in [9.17, 15) is 24.3 Å². The molecule has 3 saturated heterocycles. The van der Waals surface area contributed by atoms with Crippen LogP contribution in [0.3, 0.4) is 0 Å². The molecule has 48 heavy (non-hydrogen) atoms. The molecule has 0 aromatic heterocycles. The number of rotatable bonds is 15. The van der Waals surface area contributed by atoms with E-state index in [0.717, 1.165) is 0 Å². The third-order valence-corrected chi connectivity index (χ3v) is 10.3. The van der Waals surface area contributed by atoms with Crippen LogP contribution in [0.4, 0.5) is 5.69 Å². The summed E-state index contributed by atoms with van der Waals surface area (Å²) >= 11 is 3.69. The first-order valence-corrected chi connectivity index (χ1v) is 17.0. The van der Waals surface area contributed by atoms with Crippen molar-refractivity contribution in [2.45, 2.75) is 60.9 Å². The molecule has 3 fully saturated rings. The number of likely N-dealkylation sites (tertiary alicyclic amines) is 1. The summed E-state index contributed by atoms with van der Waals surface area (Å²) in [6, 6.07) is 14.1. The van der Waals surface area contributed by atoms with Crippen molar-refractivity contribution in [1.82, 2.24) is 10.2 Å². The highest BCUT2D eigenvalue weighted by molar-refractivity contribution is 9.09. The van der Waals surface area contributed by atoms with Crippen molar-refractivity contribution < 1.29 is 38.5 Å². The number of anilines is 1. The summed E-state index contributed by atoms with van der Waals surface area (Å²) in [6.45, 7) is 8.91. The van der Waals surface area contributed by atoms with Gasteiger partial charge in [-0.1, -0.05) is 58.4 Å². The number of alkyl halides is 1. The Morgan fingerprint density at radius 3 is 2.50 bits per heavy atom. The number of allylic oxidation sites excluding steroid dienone is 1. The predicted molar refractivity (Wildman–Crippen MR) is 182 cm³/mol. The molecule has 12 heteroatoms. The Bertz CT molecular complexity index is 1520. The molecule has 5 rings (SSSR count). The molecule has 1 unspecified atom stereocenters. The number of aliphatic hydroxyl groups is 1. The third kappa shape index (κ3) is 6.53. The van der Waals surface area contributed by atoms with Gasteiger partial charge in [0.2, 0.25) is 11.8 Å². The maximum atomic E-state index is 14.7. The van der Waals surface area contributed by atoms with E-state index in [0.29, 0.717) is 23.4 Å². The second-order valence-corrected chi connectivity index (χ2v) is 13.5. The summed E-state index contributed by atoms with van der Waals surface area (Å²) in [4.78, 5) is 58.3. The summed E-state index contributed by atoms with van der Waals surface area (Å²) in [5, 5.41) is 13.1. The topological polar surface area (TPSA) is 135 Å². The molecule has 0 radical (unpaired) electrons. The number of hydrogen-bond donors (Lipinski definition) is 2. The zero-order valence-corrected chi connectivity index (χ0v) is 28.7. The molecule has 0 saturated carbocycles. The monoisotopic (exact) mass is 723 g/mol. The number of ether oxygens (including phenoxy) is 3. The largest absolute Gasteiger partial charge is 0.497 e. The number of carbonyl (C=O) groups is 4. The minimum absolute atomic E-state index is 0.0264. The Kier molecular flexibility index (Phi) is 11.1. The van der Waals surface area contributed by atoms with Gasteiger partial charge in [0, 0.05) is 23.5 Å². The third-order valence-electron chi connectivity index (χ3n) is 9.42. The van der Waals surface area contributed by atoms with Crippen LogP contribution in [0.5, 0.6) is 5.75 Å². The number of benzene rings is 2. The van der Waals surface area contributed by atoms with Crippen LogP contribution in [0.25, 0.3) is 0 Å². The summed E-state index contributed by atoms with van der Waals surface area (Å²) < 4.78 is 18.0. The lowest BCUT2D eigenvalue weighted by Crippen LogP contribution is -2.58. The number of nitrogens with zero attached hydrogens (tertiary/aromatic N) is 2. The fourth-order valence-electron chi connectivity index (χ4n) is 7.18. The van der Waals surface area contributed by atoms with Crippen molar-refractivity contribution in [2.75, 3.05) is 31.7 Å². The lowest BCUT2D eigenvalue weighted by molar-refractivity contribution is -0.160. The number of carbonyl (C=O) groups excluding carboxylic acids is 4. The van der Waals surface area contributed by atoms with Gasteiger partial charge in [0.15, 0.2) is 0 Å². The Hall–Kier alpha value is -4.00. The van der Waals surface area contributed by atoms with Crippen LogP contribution in [0.15, 0.2) is 79.9 Å². The van der Waals surface area contributed by atoms with Gasteiger partial charge in [-0.05, 0) is 49.6 Å². The summed E-state index contributed by atoms with van der Waals surface area (Å²) in [5.41, 5.74) is -0.137. The zero-order chi connectivity index (χ0) is 34.6. The number of amides is 3. The van der Waals surface area contributed by atoms with Crippen molar-refractivity contribution in [3.05, 3.63) is 85.5 Å². The van der Waals surface area contributed by atoms with E-state index >= 15 is 0 Å². The minimum atomic E-state index is -1.37. The van der Waals surface area contributed by atoms with Crippen molar-refractivity contribution in [3.8, 4) is 5.75 Å². The molecule has 3 aliphatic rings. The highest BCUT2D eigenvalue weighted by Crippen LogP contribution is 2.61. The first-order chi connectivity index (χ1) is 23.1. The minimum Gasteiger partial charge on any atom is -0.497 e. The van der Waals surface area contributed by atoms with Gasteiger partial charge in [-0.3, -0.25) is 19.2 Å². The van der Waals surface area contributed by atoms with Crippen LogP contribution in [0.2, 0.25) is 0 Å². The number of nitrogens with one attached hydrogen (secondary N) is 1. The maximum absolute atomic E-state index is 14.7. The van der Waals surface area contributed by atoms with Crippen molar-refractivity contribution >= 4 is 45.3 Å². The van der Waals surface area contributed by atoms with Crippen LogP contribution in [-0.2, 0) is 28.7 Å². The van der Waals surface area contributed by atoms with Gasteiger partial charge < -0.3 is 34.4 Å². The van der Waals surface area contributed by atoms with Gasteiger partial charge in [0.05, 0.1) is 44.2 Å². The molecular weight excluding hydrogens is 682 g/mol. The van der Waals surface area contributed by atoms with E-state index < -0.39 is 66.1 Å². The predicted octanol–water partition coefficient (Wildman–Crippen LogP) is 3.71. The number of methoxy groups -OCH3 is 1. The smallest absolute Gasteiger partial charge is 0.313 e. The normalized spacial score (nSPS) is 26.7. The molecule has 256 valence electrons. The lowest BCUT2D eigenvalue weighted by Gasteiger charge is -2.38. The zero-order valence-electron chi connectivity index (χ0n) is 27.1. The van der Waals surface area contributed by atoms with E-state index in [-0.39, 0.29) is 36.7 Å². The van der Waals surface area contributed by atoms with Crippen LogP contribution in [0.1, 0.15) is 37.9 Å². The van der Waals surface area contributed by atoms with Gasteiger partial charge in [0.25, 0.3) is 5.91 Å². The summed E-state index contributed by atoms with van der Waals surface area (Å²) in [5.74, 6) is -3.22. The van der Waals surface area contributed by atoms with Gasteiger partial charge in [-0.2, -0.15) is 0 Å². The second kappa shape index (κ2) is 15.0. The molecule has 11 nitrogen and oxygen atoms in total. The molecule has 1 spiro atoms. The summed E-state index contributed by atoms with van der Waals surface area (Å²) in [7, 11) is 1.55. The van der Waals surface area contributed by atoms with Crippen LogP contribution in [0, 0.1) is 11.8 Å². The molecular formula is C36H42BrN3O8. The van der Waals surface area contributed by atoms with E-state index in [2.05, 4.69) is 34.4 Å². The fraction of sp³-hybridized carbons (Fsp3) is 0.444. The average molecular weight is 725 g/mol. The molecule has 3 aliphatic heterocycles. The van der Waals surface area contributed by atoms with Gasteiger partial charge in [-0.15, -0.1) is 13.2 Å². The van der Waals surface area contributed by atoms with Crippen molar-refractivity contribution in [2.24, 2.45) is 11.8 Å². The Morgan fingerprint density at radius 2 is 1.88 bits per heavy atom. The van der Waals surface area contributed by atoms with Crippen molar-refractivity contribution in [3.63, 3.8) is 0 Å². The molecule has 0 aliphatic carbocycles. The standard InChI is InChI=1S/C36H42BrN3O8/c1-5-7-13-28(42)38-20-27(23-11-9-8-10-12-23)47-35(45)29-30-33(43)40(22(3)21-41)32(36(30)19-26(37)31(29)48-36)34(44)39(18-6-2)24-14-16-25(46-4)17-15-24/h5-6,8-12,14-17,22,26-27,29-32,41H,1-2,7,13,18-21H2,3-4H3,(H,38,42)/t22-,26?,27+,29+,30-,31+,32+,36-/m1/s1. The van der Waals surface area contributed by atoms with E-state index in [1.807, 2.05) is 18.2 Å². The number of esters is 1.